The first-order valence-corrected chi connectivity index (χ1v) is 8.84. The highest BCUT2D eigenvalue weighted by Crippen LogP contribution is 2.30. The van der Waals surface area contributed by atoms with Crippen molar-refractivity contribution in [1.29, 1.82) is 0 Å². The SMILES string of the molecule is C[C@@H](Sc1nnc(-c2ccccc2Cl)n1C)C(=O)c1ccc(F)cc1. The van der Waals surface area contributed by atoms with E-state index in [-0.39, 0.29) is 16.9 Å². The van der Waals surface area contributed by atoms with Crippen LogP contribution in [-0.4, -0.2) is 25.8 Å². The molecule has 1 atom stereocenters. The minimum absolute atomic E-state index is 0.0905. The maximum absolute atomic E-state index is 13.0. The minimum atomic E-state index is -0.382. The van der Waals surface area contributed by atoms with E-state index in [1.807, 2.05) is 25.2 Å². The molecular weight excluding hydrogens is 361 g/mol. The van der Waals surface area contributed by atoms with Gasteiger partial charge in [0, 0.05) is 18.2 Å². The van der Waals surface area contributed by atoms with Crippen LogP contribution in [0.4, 0.5) is 4.39 Å². The molecule has 0 N–H and O–H groups in total. The summed E-state index contributed by atoms with van der Waals surface area (Å²) in [6.07, 6.45) is 0. The summed E-state index contributed by atoms with van der Waals surface area (Å²) in [4.78, 5) is 12.5. The topological polar surface area (TPSA) is 47.8 Å². The fourth-order valence-corrected chi connectivity index (χ4v) is 3.47. The number of thioether (sulfide) groups is 1. The van der Waals surface area contributed by atoms with E-state index in [0.717, 1.165) is 5.56 Å². The van der Waals surface area contributed by atoms with Crippen LogP contribution in [0.25, 0.3) is 11.4 Å². The van der Waals surface area contributed by atoms with Crippen LogP contribution in [0.5, 0.6) is 0 Å². The molecule has 0 saturated carbocycles. The molecule has 7 heteroatoms. The van der Waals surface area contributed by atoms with Gasteiger partial charge in [-0.3, -0.25) is 4.79 Å². The number of ketones is 1. The van der Waals surface area contributed by atoms with E-state index in [4.69, 9.17) is 11.6 Å². The number of aromatic nitrogens is 3. The number of halogens is 2. The van der Waals surface area contributed by atoms with E-state index in [1.165, 1.54) is 36.0 Å². The van der Waals surface area contributed by atoms with Crippen molar-refractivity contribution >= 4 is 29.1 Å². The first-order valence-electron chi connectivity index (χ1n) is 7.58. The number of Topliss-reactive ketones (excluding diaryl/α,β-unsaturated/α-hetero) is 1. The van der Waals surface area contributed by atoms with Gasteiger partial charge in [-0.1, -0.05) is 35.5 Å². The van der Waals surface area contributed by atoms with Crippen molar-refractivity contribution < 1.29 is 9.18 Å². The number of nitrogens with zero attached hydrogens (tertiary/aromatic N) is 3. The first kappa shape index (κ1) is 17.6. The van der Waals surface area contributed by atoms with Gasteiger partial charge in [-0.25, -0.2) is 4.39 Å². The molecule has 0 aliphatic rings. The van der Waals surface area contributed by atoms with Crippen molar-refractivity contribution in [3.8, 4) is 11.4 Å². The molecule has 0 saturated heterocycles. The monoisotopic (exact) mass is 375 g/mol. The van der Waals surface area contributed by atoms with Gasteiger partial charge in [-0.2, -0.15) is 0 Å². The summed E-state index contributed by atoms with van der Waals surface area (Å²) in [6.45, 7) is 1.79. The predicted molar refractivity (Wildman–Crippen MR) is 97.5 cm³/mol. The molecule has 25 heavy (non-hydrogen) atoms. The molecule has 2 aromatic carbocycles. The molecule has 4 nitrogen and oxygen atoms in total. The van der Waals surface area contributed by atoms with Crippen LogP contribution in [0, 0.1) is 5.82 Å². The van der Waals surface area contributed by atoms with Gasteiger partial charge >= 0.3 is 0 Å². The number of carbonyl (C=O) groups is 1. The Morgan fingerprint density at radius 1 is 1.16 bits per heavy atom. The second-order valence-electron chi connectivity index (χ2n) is 5.48. The van der Waals surface area contributed by atoms with Crippen molar-refractivity contribution in [2.24, 2.45) is 7.05 Å². The summed E-state index contributed by atoms with van der Waals surface area (Å²) in [7, 11) is 1.83. The van der Waals surface area contributed by atoms with Crippen molar-refractivity contribution in [2.45, 2.75) is 17.3 Å². The molecule has 0 amide bonds. The third-order valence-corrected chi connectivity index (χ3v) is 5.19. The maximum Gasteiger partial charge on any atom is 0.191 e. The van der Waals surface area contributed by atoms with Gasteiger partial charge in [0.25, 0.3) is 0 Å². The molecule has 3 rings (SSSR count). The van der Waals surface area contributed by atoms with Gasteiger partial charge < -0.3 is 4.57 Å². The van der Waals surface area contributed by atoms with Crippen LogP contribution in [0.3, 0.4) is 0 Å². The number of rotatable bonds is 5. The molecule has 0 aliphatic carbocycles. The third-order valence-electron chi connectivity index (χ3n) is 3.73. The smallest absolute Gasteiger partial charge is 0.191 e. The zero-order valence-electron chi connectivity index (χ0n) is 13.6. The quantitative estimate of drug-likeness (QED) is 0.481. The van der Waals surface area contributed by atoms with Gasteiger partial charge in [0.2, 0.25) is 0 Å². The van der Waals surface area contributed by atoms with Crippen LogP contribution in [0.2, 0.25) is 5.02 Å². The van der Waals surface area contributed by atoms with Gasteiger partial charge in [-0.15, -0.1) is 10.2 Å². The normalized spacial score (nSPS) is 12.2. The predicted octanol–water partition coefficient (Wildman–Crippen LogP) is 4.64. The lowest BCUT2D eigenvalue weighted by atomic mass is 10.1. The highest BCUT2D eigenvalue weighted by Gasteiger charge is 2.21. The molecule has 1 aromatic heterocycles. The van der Waals surface area contributed by atoms with Crippen molar-refractivity contribution in [2.75, 3.05) is 0 Å². The zero-order chi connectivity index (χ0) is 18.0. The van der Waals surface area contributed by atoms with Crippen LogP contribution >= 0.6 is 23.4 Å². The van der Waals surface area contributed by atoms with Crippen LogP contribution in [0.15, 0.2) is 53.7 Å². The Bertz CT molecular complexity index is 911. The first-order chi connectivity index (χ1) is 12.0. The fraction of sp³-hybridized carbons (Fsp3) is 0.167. The van der Waals surface area contributed by atoms with Gasteiger partial charge in [0.05, 0.1) is 10.3 Å². The second-order valence-corrected chi connectivity index (χ2v) is 7.19. The molecule has 0 fully saturated rings. The number of hydrogen-bond acceptors (Lipinski definition) is 4. The molecule has 0 aliphatic heterocycles. The third kappa shape index (κ3) is 3.75. The maximum atomic E-state index is 13.0. The van der Waals surface area contributed by atoms with E-state index in [9.17, 15) is 9.18 Å². The van der Waals surface area contributed by atoms with E-state index in [0.29, 0.717) is 21.6 Å². The lowest BCUT2D eigenvalue weighted by molar-refractivity contribution is 0.0994. The van der Waals surface area contributed by atoms with Gasteiger partial charge in [0.15, 0.2) is 16.8 Å². The largest absolute Gasteiger partial charge is 0.305 e. The highest BCUT2D eigenvalue weighted by molar-refractivity contribution is 8.00. The molecule has 1 heterocycles. The molecule has 0 unspecified atom stereocenters. The summed E-state index contributed by atoms with van der Waals surface area (Å²) in [5, 5.41) is 9.17. The summed E-state index contributed by atoms with van der Waals surface area (Å²) < 4.78 is 14.8. The van der Waals surface area contributed by atoms with Crippen LogP contribution < -0.4 is 0 Å². The fourth-order valence-electron chi connectivity index (χ4n) is 2.36. The summed E-state index contributed by atoms with van der Waals surface area (Å²) >= 11 is 7.52. The summed E-state index contributed by atoms with van der Waals surface area (Å²) in [5.41, 5.74) is 1.25. The lowest BCUT2D eigenvalue weighted by Crippen LogP contribution is -2.14. The number of hydrogen-bond donors (Lipinski definition) is 0. The second kappa shape index (κ2) is 7.37. The average Bonchev–Trinajstić information content (AvgIpc) is 2.96. The Labute approximate surface area is 154 Å². The van der Waals surface area contributed by atoms with Crippen molar-refractivity contribution in [3.63, 3.8) is 0 Å². The van der Waals surface area contributed by atoms with E-state index < -0.39 is 0 Å². The van der Waals surface area contributed by atoms with Gasteiger partial charge in [0.1, 0.15) is 5.82 Å². The molecule has 0 spiro atoms. The van der Waals surface area contributed by atoms with E-state index in [1.54, 1.807) is 17.6 Å². The zero-order valence-corrected chi connectivity index (χ0v) is 15.2. The highest BCUT2D eigenvalue weighted by atomic mass is 35.5. The summed E-state index contributed by atoms with van der Waals surface area (Å²) in [6, 6.07) is 12.9. The standard InChI is InChI=1S/C18H15ClFN3OS/c1-11(16(24)12-7-9-13(20)10-8-12)25-18-22-21-17(23(18)2)14-5-3-4-6-15(14)19/h3-11H,1-2H3/t11-/m1/s1. The van der Waals surface area contributed by atoms with Crippen LogP contribution in [-0.2, 0) is 7.05 Å². The van der Waals surface area contributed by atoms with Crippen molar-refractivity contribution in [1.82, 2.24) is 14.8 Å². The minimum Gasteiger partial charge on any atom is -0.305 e. The van der Waals surface area contributed by atoms with Gasteiger partial charge in [-0.05, 0) is 43.3 Å². The Balaban J connectivity index is 1.81. The molecule has 128 valence electrons. The molecule has 3 aromatic rings. The average molecular weight is 376 g/mol. The molecular formula is C18H15ClFN3OS. The Morgan fingerprint density at radius 3 is 2.52 bits per heavy atom. The van der Waals surface area contributed by atoms with Crippen molar-refractivity contribution in [3.05, 3.63) is 64.9 Å². The van der Waals surface area contributed by atoms with E-state index >= 15 is 0 Å². The Morgan fingerprint density at radius 2 is 1.84 bits per heavy atom. The number of carbonyl (C=O) groups excluding carboxylic acids is 1. The lowest BCUT2D eigenvalue weighted by Gasteiger charge is -2.10. The van der Waals surface area contributed by atoms with Crippen LogP contribution in [0.1, 0.15) is 17.3 Å². The Hall–Kier alpha value is -2.18. The van der Waals surface area contributed by atoms with E-state index in [2.05, 4.69) is 10.2 Å². The number of benzene rings is 2. The Kier molecular flexibility index (Phi) is 5.20. The molecule has 0 radical (unpaired) electrons. The molecule has 0 bridgehead atoms. The summed E-state index contributed by atoms with van der Waals surface area (Å²) in [5.74, 6) is 0.177.